The van der Waals surface area contributed by atoms with Crippen molar-refractivity contribution in [3.8, 4) is 5.88 Å². The van der Waals surface area contributed by atoms with Crippen LogP contribution in [0.1, 0.15) is 44.6 Å². The molecule has 18 heavy (non-hydrogen) atoms. The Morgan fingerprint density at radius 1 is 1.44 bits per heavy atom. The second-order valence-corrected chi connectivity index (χ2v) is 5.08. The van der Waals surface area contributed by atoms with Gasteiger partial charge in [-0.25, -0.2) is 4.98 Å². The summed E-state index contributed by atoms with van der Waals surface area (Å²) in [4.78, 5) is 4.34. The molecule has 3 nitrogen and oxygen atoms in total. The van der Waals surface area contributed by atoms with E-state index in [1.165, 1.54) is 31.2 Å². The van der Waals surface area contributed by atoms with Gasteiger partial charge >= 0.3 is 0 Å². The number of nitrogens with zero attached hydrogens (tertiary/aromatic N) is 1. The van der Waals surface area contributed by atoms with E-state index in [9.17, 15) is 0 Å². The average Bonchev–Trinajstić information content (AvgIpc) is 2.34. The summed E-state index contributed by atoms with van der Waals surface area (Å²) in [6.07, 6.45) is 8.31. The molecule has 100 valence electrons. The molecule has 0 spiro atoms. The molecule has 0 amide bonds. The van der Waals surface area contributed by atoms with Crippen LogP contribution in [-0.2, 0) is 6.54 Å². The lowest BCUT2D eigenvalue weighted by Gasteiger charge is -2.25. The van der Waals surface area contributed by atoms with Crippen molar-refractivity contribution in [1.82, 2.24) is 10.3 Å². The van der Waals surface area contributed by atoms with Crippen LogP contribution >= 0.6 is 0 Å². The SMILES string of the molecule is CCCNCc1cccnc1OCCC1CCC1. The zero-order valence-electron chi connectivity index (χ0n) is 11.3. The minimum Gasteiger partial charge on any atom is -0.477 e. The Hall–Kier alpha value is -1.09. The van der Waals surface area contributed by atoms with Crippen LogP contribution in [0.4, 0.5) is 0 Å². The smallest absolute Gasteiger partial charge is 0.217 e. The van der Waals surface area contributed by atoms with Gasteiger partial charge in [-0.15, -0.1) is 0 Å². The third-order valence-corrected chi connectivity index (χ3v) is 3.58. The van der Waals surface area contributed by atoms with Gasteiger partial charge in [0, 0.05) is 18.3 Å². The fourth-order valence-electron chi connectivity index (χ4n) is 2.19. The van der Waals surface area contributed by atoms with E-state index in [4.69, 9.17) is 4.74 Å². The highest BCUT2D eigenvalue weighted by atomic mass is 16.5. The molecular weight excluding hydrogens is 224 g/mol. The third-order valence-electron chi connectivity index (χ3n) is 3.58. The van der Waals surface area contributed by atoms with Crippen molar-refractivity contribution in [2.24, 2.45) is 5.92 Å². The fraction of sp³-hybridized carbons (Fsp3) is 0.667. The Bertz CT molecular complexity index is 350. The molecule has 1 fully saturated rings. The summed E-state index contributed by atoms with van der Waals surface area (Å²) in [6.45, 7) is 4.87. The van der Waals surface area contributed by atoms with E-state index < -0.39 is 0 Å². The quantitative estimate of drug-likeness (QED) is 0.718. The minimum atomic E-state index is 0.806. The highest BCUT2D eigenvalue weighted by molar-refractivity contribution is 5.25. The summed E-state index contributed by atoms with van der Waals surface area (Å²) in [5, 5.41) is 3.39. The summed E-state index contributed by atoms with van der Waals surface area (Å²) in [6, 6.07) is 4.07. The maximum absolute atomic E-state index is 5.82. The van der Waals surface area contributed by atoms with Crippen LogP contribution in [0.3, 0.4) is 0 Å². The standard InChI is InChI=1S/C15H24N2O/c1-2-9-16-12-14-7-4-10-17-15(14)18-11-8-13-5-3-6-13/h4,7,10,13,16H,2-3,5-6,8-9,11-12H2,1H3. The van der Waals surface area contributed by atoms with Gasteiger partial charge in [-0.2, -0.15) is 0 Å². The topological polar surface area (TPSA) is 34.2 Å². The van der Waals surface area contributed by atoms with Crippen molar-refractivity contribution in [3.05, 3.63) is 23.9 Å². The Kier molecular flexibility index (Phi) is 5.46. The molecule has 3 heteroatoms. The molecule has 1 aliphatic rings. The number of rotatable bonds is 8. The van der Waals surface area contributed by atoms with Gasteiger partial charge in [0.2, 0.25) is 5.88 Å². The number of pyridine rings is 1. The molecule has 1 saturated carbocycles. The Morgan fingerprint density at radius 3 is 3.06 bits per heavy atom. The first kappa shape index (κ1) is 13.3. The molecule has 0 bridgehead atoms. The van der Waals surface area contributed by atoms with Crippen LogP contribution < -0.4 is 10.1 Å². The molecule has 1 aliphatic carbocycles. The van der Waals surface area contributed by atoms with E-state index in [0.29, 0.717) is 0 Å². The van der Waals surface area contributed by atoms with Crippen molar-refractivity contribution in [2.75, 3.05) is 13.2 Å². The third kappa shape index (κ3) is 3.98. The highest BCUT2D eigenvalue weighted by Crippen LogP contribution is 2.29. The largest absolute Gasteiger partial charge is 0.477 e. The van der Waals surface area contributed by atoms with E-state index in [0.717, 1.165) is 37.9 Å². The van der Waals surface area contributed by atoms with Crippen LogP contribution in [0.5, 0.6) is 5.88 Å². The molecule has 1 heterocycles. The number of nitrogens with one attached hydrogen (secondary N) is 1. The zero-order valence-corrected chi connectivity index (χ0v) is 11.3. The van der Waals surface area contributed by atoms with Crippen LogP contribution in [0.2, 0.25) is 0 Å². The maximum atomic E-state index is 5.82. The van der Waals surface area contributed by atoms with Crippen LogP contribution in [-0.4, -0.2) is 18.1 Å². The monoisotopic (exact) mass is 248 g/mol. The van der Waals surface area contributed by atoms with Gasteiger partial charge in [-0.05, 0) is 31.4 Å². The summed E-state index contributed by atoms with van der Waals surface area (Å²) in [5.41, 5.74) is 1.17. The van der Waals surface area contributed by atoms with Gasteiger partial charge in [0.05, 0.1) is 6.61 Å². The number of ether oxygens (including phenoxy) is 1. The van der Waals surface area contributed by atoms with Gasteiger partial charge in [-0.3, -0.25) is 0 Å². The predicted molar refractivity (Wildman–Crippen MR) is 73.7 cm³/mol. The molecule has 0 aromatic carbocycles. The predicted octanol–water partition coefficient (Wildman–Crippen LogP) is 3.15. The molecule has 1 aromatic rings. The molecule has 0 atom stereocenters. The first-order valence-corrected chi connectivity index (χ1v) is 7.17. The second-order valence-electron chi connectivity index (χ2n) is 5.08. The Balaban J connectivity index is 1.77. The van der Waals surface area contributed by atoms with Gasteiger partial charge < -0.3 is 10.1 Å². The summed E-state index contributed by atoms with van der Waals surface area (Å²) < 4.78 is 5.82. The lowest BCUT2D eigenvalue weighted by molar-refractivity contribution is 0.216. The van der Waals surface area contributed by atoms with Crippen molar-refractivity contribution in [3.63, 3.8) is 0 Å². The fourth-order valence-corrected chi connectivity index (χ4v) is 2.19. The number of hydrogen-bond donors (Lipinski definition) is 1. The first-order valence-electron chi connectivity index (χ1n) is 7.17. The first-order chi connectivity index (χ1) is 8.90. The van der Waals surface area contributed by atoms with E-state index in [2.05, 4.69) is 23.3 Å². The molecular formula is C15H24N2O. The zero-order chi connectivity index (χ0) is 12.6. The van der Waals surface area contributed by atoms with E-state index >= 15 is 0 Å². The molecule has 0 unspecified atom stereocenters. The summed E-state index contributed by atoms with van der Waals surface area (Å²) in [5.74, 6) is 1.70. The van der Waals surface area contributed by atoms with Crippen molar-refractivity contribution < 1.29 is 4.74 Å². The summed E-state index contributed by atoms with van der Waals surface area (Å²) >= 11 is 0. The van der Waals surface area contributed by atoms with Crippen molar-refractivity contribution in [1.29, 1.82) is 0 Å². The van der Waals surface area contributed by atoms with Gasteiger partial charge in [0.25, 0.3) is 0 Å². The molecule has 2 rings (SSSR count). The molecule has 0 saturated heterocycles. The average molecular weight is 248 g/mol. The van der Waals surface area contributed by atoms with Gasteiger partial charge in [-0.1, -0.05) is 32.3 Å². The highest BCUT2D eigenvalue weighted by Gasteiger charge is 2.17. The minimum absolute atomic E-state index is 0.806. The second kappa shape index (κ2) is 7.37. The molecule has 1 N–H and O–H groups in total. The van der Waals surface area contributed by atoms with Crippen molar-refractivity contribution in [2.45, 2.75) is 45.6 Å². The number of aromatic nitrogens is 1. The van der Waals surface area contributed by atoms with E-state index in [1.54, 1.807) is 0 Å². The lowest BCUT2D eigenvalue weighted by Crippen LogP contribution is -2.17. The van der Waals surface area contributed by atoms with Gasteiger partial charge in [0.15, 0.2) is 0 Å². The molecule has 0 radical (unpaired) electrons. The number of hydrogen-bond acceptors (Lipinski definition) is 3. The van der Waals surface area contributed by atoms with Crippen LogP contribution in [0, 0.1) is 5.92 Å². The summed E-state index contributed by atoms with van der Waals surface area (Å²) in [7, 11) is 0. The lowest BCUT2D eigenvalue weighted by atomic mass is 9.83. The van der Waals surface area contributed by atoms with Crippen molar-refractivity contribution >= 4 is 0 Å². The van der Waals surface area contributed by atoms with E-state index in [-0.39, 0.29) is 0 Å². The molecule has 0 aliphatic heterocycles. The van der Waals surface area contributed by atoms with E-state index in [1.807, 2.05) is 12.3 Å². The normalized spacial score (nSPS) is 15.4. The Labute approximate surface area is 110 Å². The maximum Gasteiger partial charge on any atom is 0.217 e. The van der Waals surface area contributed by atoms with Gasteiger partial charge in [0.1, 0.15) is 0 Å². The Morgan fingerprint density at radius 2 is 2.33 bits per heavy atom. The van der Waals surface area contributed by atoms with Crippen LogP contribution in [0.25, 0.3) is 0 Å². The molecule has 1 aromatic heterocycles. The van der Waals surface area contributed by atoms with Crippen LogP contribution in [0.15, 0.2) is 18.3 Å².